The average Bonchev–Trinajstić information content (AvgIpc) is 3.39. The summed E-state index contributed by atoms with van der Waals surface area (Å²) in [5.41, 5.74) is 2.34. The minimum absolute atomic E-state index is 0.0333. The smallest absolute Gasteiger partial charge is 0.244 e. The number of carbonyl (C=O) groups is 3. The quantitative estimate of drug-likeness (QED) is 0.496. The third-order valence-corrected chi connectivity index (χ3v) is 7.86. The fourth-order valence-corrected chi connectivity index (χ4v) is 6.00. The number of hydrogen-bond acceptors (Lipinski definition) is 4. The molecule has 0 saturated heterocycles. The zero-order chi connectivity index (χ0) is 28.8. The van der Waals surface area contributed by atoms with Crippen molar-refractivity contribution in [2.24, 2.45) is 10.8 Å². The minimum atomic E-state index is -0.820. The molecule has 2 heterocycles. The Morgan fingerprint density at radius 2 is 1.77 bits per heavy atom. The van der Waals surface area contributed by atoms with Gasteiger partial charge in [0.1, 0.15) is 24.0 Å². The van der Waals surface area contributed by atoms with E-state index < -0.39 is 34.4 Å². The molecule has 1 aliphatic carbocycles. The fraction of sp³-hybridized carbons (Fsp3) is 0.387. The molecule has 210 valence electrons. The number of hydrogen-bond donors (Lipinski definition) is 3. The van der Waals surface area contributed by atoms with Gasteiger partial charge in [-0.25, -0.2) is 8.78 Å². The van der Waals surface area contributed by atoms with Crippen molar-refractivity contribution in [3.8, 4) is 0 Å². The first kappa shape index (κ1) is 27.6. The number of allylic oxidation sites excluding steroid dienone is 1. The number of fused-ring (bicyclic) bond motifs is 2. The van der Waals surface area contributed by atoms with Crippen LogP contribution >= 0.6 is 0 Å². The minimum Gasteiger partial charge on any atom is -0.368 e. The first-order chi connectivity index (χ1) is 18.9. The average molecular weight is 549 g/mol. The first-order valence-corrected chi connectivity index (χ1v) is 13.6. The van der Waals surface area contributed by atoms with E-state index in [1.54, 1.807) is 26.8 Å². The zero-order valence-electron chi connectivity index (χ0n) is 23.2. The van der Waals surface area contributed by atoms with Gasteiger partial charge >= 0.3 is 0 Å². The topological polar surface area (TPSA) is 90.5 Å². The molecule has 0 bridgehead atoms. The highest BCUT2D eigenvalue weighted by Crippen LogP contribution is 2.48. The Hall–Kier alpha value is -4.01. The van der Waals surface area contributed by atoms with E-state index in [0.29, 0.717) is 37.1 Å². The lowest BCUT2D eigenvalue weighted by Gasteiger charge is -2.35. The molecule has 9 heteroatoms. The van der Waals surface area contributed by atoms with Crippen LogP contribution in [0.1, 0.15) is 56.8 Å². The third kappa shape index (κ3) is 5.00. The van der Waals surface area contributed by atoms with Gasteiger partial charge in [0.05, 0.1) is 11.5 Å². The van der Waals surface area contributed by atoms with E-state index in [1.807, 2.05) is 31.2 Å². The predicted molar refractivity (Wildman–Crippen MR) is 148 cm³/mol. The molecule has 7 nitrogen and oxygen atoms in total. The van der Waals surface area contributed by atoms with Crippen LogP contribution in [0.2, 0.25) is 0 Å². The Morgan fingerprint density at radius 1 is 1.07 bits per heavy atom. The summed E-state index contributed by atoms with van der Waals surface area (Å²) in [5.74, 6) is -1.48. The van der Waals surface area contributed by atoms with Crippen molar-refractivity contribution in [3.05, 3.63) is 88.3 Å². The van der Waals surface area contributed by atoms with Gasteiger partial charge in [0.15, 0.2) is 0 Å². The summed E-state index contributed by atoms with van der Waals surface area (Å²) in [6.07, 6.45) is 5.46. The summed E-state index contributed by atoms with van der Waals surface area (Å²) in [7, 11) is 0. The molecule has 2 aromatic rings. The van der Waals surface area contributed by atoms with Crippen LogP contribution < -0.4 is 16.0 Å². The summed E-state index contributed by atoms with van der Waals surface area (Å²) in [5, 5.41) is 9.09. The first-order valence-electron chi connectivity index (χ1n) is 13.6. The van der Waals surface area contributed by atoms with Crippen LogP contribution in [0.4, 0.5) is 14.5 Å². The molecule has 0 fully saturated rings. The third-order valence-electron chi connectivity index (χ3n) is 7.86. The molecule has 2 aliphatic heterocycles. The van der Waals surface area contributed by atoms with Gasteiger partial charge in [-0.05, 0) is 60.2 Å². The molecule has 3 N–H and O–H groups in total. The van der Waals surface area contributed by atoms with Gasteiger partial charge in [-0.3, -0.25) is 14.4 Å². The van der Waals surface area contributed by atoms with Gasteiger partial charge in [-0.1, -0.05) is 45.9 Å². The SMILES string of the molecule is CC[C@@H](c1cc(F)cc(F)c1)N(CC(=O)Nc1ccc2c(c1)C[C@@]1(C2)C(=O)NC2=C1C=CCN2)C(=O)C(C)(C)C. The molecule has 5 rings (SSSR count). The van der Waals surface area contributed by atoms with E-state index in [-0.39, 0.29) is 18.4 Å². The maximum atomic E-state index is 14.1. The molecule has 1 spiro atoms. The zero-order valence-corrected chi connectivity index (χ0v) is 23.2. The number of carbonyl (C=O) groups excluding carboxylic acids is 3. The van der Waals surface area contributed by atoms with Crippen molar-refractivity contribution in [1.82, 2.24) is 15.5 Å². The number of halogens is 2. The standard InChI is InChI=1S/C31H34F2N4O3/c1-5-25(19-11-21(32)14-22(33)12-19)37(29(40)30(2,3)4)17-26(38)35-23-9-8-18-15-31(16-20(18)13-23)24-7-6-10-34-27(24)36-28(31)39/h6-9,11-14,25,34H,5,10,15-17H2,1-4H3,(H,35,38)(H,36,39)/t25-,31+/m0/s1. The lowest BCUT2D eigenvalue weighted by Crippen LogP contribution is -2.45. The molecule has 2 atom stereocenters. The molecule has 2 aromatic carbocycles. The van der Waals surface area contributed by atoms with Gasteiger partial charge in [-0.15, -0.1) is 0 Å². The van der Waals surface area contributed by atoms with E-state index in [4.69, 9.17) is 0 Å². The Kier molecular flexibility index (Phi) is 7.02. The molecule has 0 aromatic heterocycles. The van der Waals surface area contributed by atoms with Crippen molar-refractivity contribution < 1.29 is 23.2 Å². The molecular formula is C31H34F2N4O3. The molecule has 40 heavy (non-hydrogen) atoms. The normalized spacial score (nSPS) is 20.1. The van der Waals surface area contributed by atoms with Crippen LogP contribution in [0.25, 0.3) is 0 Å². The highest BCUT2D eigenvalue weighted by atomic mass is 19.1. The van der Waals surface area contributed by atoms with E-state index in [0.717, 1.165) is 28.6 Å². The Balaban J connectivity index is 1.36. The van der Waals surface area contributed by atoms with Crippen molar-refractivity contribution >= 4 is 23.4 Å². The molecule has 0 saturated carbocycles. The van der Waals surface area contributed by atoms with Crippen LogP contribution in [-0.4, -0.2) is 35.7 Å². The van der Waals surface area contributed by atoms with Crippen molar-refractivity contribution in [3.63, 3.8) is 0 Å². The Morgan fingerprint density at radius 3 is 2.45 bits per heavy atom. The van der Waals surface area contributed by atoms with Gasteiger partial charge < -0.3 is 20.9 Å². The summed E-state index contributed by atoms with van der Waals surface area (Å²) >= 11 is 0. The van der Waals surface area contributed by atoms with Crippen LogP contribution in [0, 0.1) is 22.5 Å². The Bertz CT molecular complexity index is 1440. The lowest BCUT2D eigenvalue weighted by molar-refractivity contribution is -0.144. The van der Waals surface area contributed by atoms with E-state index in [2.05, 4.69) is 16.0 Å². The number of benzene rings is 2. The van der Waals surface area contributed by atoms with Crippen LogP contribution in [0.15, 0.2) is 59.9 Å². The van der Waals surface area contributed by atoms with Crippen molar-refractivity contribution in [2.75, 3.05) is 18.4 Å². The van der Waals surface area contributed by atoms with Crippen LogP contribution in [0.3, 0.4) is 0 Å². The number of nitrogens with one attached hydrogen (secondary N) is 3. The molecule has 0 unspecified atom stereocenters. The van der Waals surface area contributed by atoms with Gasteiger partial charge in [0.2, 0.25) is 17.7 Å². The largest absolute Gasteiger partial charge is 0.368 e. The lowest BCUT2D eigenvalue weighted by atomic mass is 9.78. The molecule has 3 amide bonds. The van der Waals surface area contributed by atoms with E-state index in [9.17, 15) is 23.2 Å². The number of dihydropyridines is 1. The van der Waals surface area contributed by atoms with Gasteiger partial charge in [0, 0.05) is 29.3 Å². The van der Waals surface area contributed by atoms with Gasteiger partial charge in [0.25, 0.3) is 0 Å². The highest BCUT2D eigenvalue weighted by molar-refractivity contribution is 5.96. The summed E-state index contributed by atoms with van der Waals surface area (Å²) in [4.78, 5) is 41.2. The molecular weight excluding hydrogens is 514 g/mol. The maximum Gasteiger partial charge on any atom is 0.244 e. The monoisotopic (exact) mass is 548 g/mol. The van der Waals surface area contributed by atoms with E-state index >= 15 is 0 Å². The predicted octanol–water partition coefficient (Wildman–Crippen LogP) is 4.52. The van der Waals surface area contributed by atoms with Crippen molar-refractivity contribution in [1.29, 1.82) is 0 Å². The molecule has 0 radical (unpaired) electrons. The highest BCUT2D eigenvalue weighted by Gasteiger charge is 2.51. The number of nitrogens with zero attached hydrogens (tertiary/aromatic N) is 1. The summed E-state index contributed by atoms with van der Waals surface area (Å²) in [6, 6.07) is 8.09. The number of amides is 3. The summed E-state index contributed by atoms with van der Waals surface area (Å²) in [6.45, 7) is 7.41. The number of rotatable bonds is 6. The van der Waals surface area contributed by atoms with Crippen molar-refractivity contribution in [2.45, 2.75) is 53.0 Å². The van der Waals surface area contributed by atoms with Gasteiger partial charge in [-0.2, -0.15) is 0 Å². The molecule has 3 aliphatic rings. The second kappa shape index (κ2) is 10.2. The maximum absolute atomic E-state index is 14.1. The van der Waals surface area contributed by atoms with Crippen LogP contribution in [0.5, 0.6) is 0 Å². The van der Waals surface area contributed by atoms with E-state index in [1.165, 1.54) is 17.0 Å². The fourth-order valence-electron chi connectivity index (χ4n) is 6.00. The Labute approximate surface area is 232 Å². The summed E-state index contributed by atoms with van der Waals surface area (Å²) < 4.78 is 28.1. The number of anilines is 1. The second-order valence-corrected chi connectivity index (χ2v) is 11.8. The van der Waals surface area contributed by atoms with Crippen LogP contribution in [-0.2, 0) is 27.2 Å². The second-order valence-electron chi connectivity index (χ2n) is 11.8.